The lowest BCUT2D eigenvalue weighted by Crippen LogP contribution is -2.45. The summed E-state index contributed by atoms with van der Waals surface area (Å²) in [6.45, 7) is 7.81. The van der Waals surface area contributed by atoms with Crippen molar-refractivity contribution in [2.75, 3.05) is 45.2 Å². The molecule has 34 heavy (non-hydrogen) atoms. The van der Waals surface area contributed by atoms with E-state index in [1.165, 1.54) is 36.1 Å². The summed E-state index contributed by atoms with van der Waals surface area (Å²) in [7, 11) is 3.87. The van der Waals surface area contributed by atoms with E-state index in [2.05, 4.69) is 40.8 Å². The highest BCUT2D eigenvalue weighted by Gasteiger charge is 2.32. The van der Waals surface area contributed by atoms with Gasteiger partial charge in [-0.1, -0.05) is 12.1 Å². The van der Waals surface area contributed by atoms with Crippen LogP contribution in [0.3, 0.4) is 0 Å². The zero-order chi connectivity index (χ0) is 23.7. The Morgan fingerprint density at radius 1 is 0.971 bits per heavy atom. The molecule has 5 rings (SSSR count). The topological polar surface area (TPSA) is 36.8 Å². The highest BCUT2D eigenvalue weighted by Crippen LogP contribution is 2.35. The molecular weight excluding hydrogens is 429 g/mol. The van der Waals surface area contributed by atoms with Crippen molar-refractivity contribution in [1.29, 1.82) is 0 Å². The molecule has 0 spiro atoms. The second-order valence-electron chi connectivity index (χ2n) is 9.55. The third kappa shape index (κ3) is 4.95. The molecule has 7 heteroatoms. The van der Waals surface area contributed by atoms with Crippen LogP contribution in [-0.4, -0.2) is 66.0 Å². The van der Waals surface area contributed by atoms with Gasteiger partial charge in [0.25, 0.3) is 0 Å². The van der Waals surface area contributed by atoms with Gasteiger partial charge in [0.2, 0.25) is 0 Å². The minimum atomic E-state index is -0.228. The maximum atomic E-state index is 13.6. The summed E-state index contributed by atoms with van der Waals surface area (Å²) in [5, 5.41) is 4.96. The molecule has 1 aromatic heterocycles. The van der Waals surface area contributed by atoms with Gasteiger partial charge in [-0.15, -0.1) is 0 Å². The first kappa shape index (κ1) is 22.9. The van der Waals surface area contributed by atoms with E-state index in [0.29, 0.717) is 6.04 Å². The summed E-state index contributed by atoms with van der Waals surface area (Å²) in [6, 6.07) is 15.7. The van der Waals surface area contributed by atoms with Crippen molar-refractivity contribution in [3.05, 3.63) is 71.2 Å². The van der Waals surface area contributed by atoms with Crippen molar-refractivity contribution in [3.8, 4) is 11.4 Å². The summed E-state index contributed by atoms with van der Waals surface area (Å²) in [5.41, 5.74) is 4.50. The minimum Gasteiger partial charge on any atom is -0.497 e. The second-order valence-corrected chi connectivity index (χ2v) is 9.55. The van der Waals surface area contributed by atoms with E-state index >= 15 is 0 Å². The number of piperazine rings is 1. The number of nitrogens with zero attached hydrogens (tertiary/aromatic N) is 5. The first-order valence-corrected chi connectivity index (χ1v) is 12.2. The van der Waals surface area contributed by atoms with E-state index in [4.69, 9.17) is 9.84 Å². The highest BCUT2D eigenvalue weighted by atomic mass is 19.1. The van der Waals surface area contributed by atoms with Gasteiger partial charge in [-0.3, -0.25) is 4.90 Å². The Labute approximate surface area is 201 Å². The largest absolute Gasteiger partial charge is 0.497 e. The summed E-state index contributed by atoms with van der Waals surface area (Å²) in [4.78, 5) is 7.40. The maximum absolute atomic E-state index is 13.6. The molecule has 2 heterocycles. The van der Waals surface area contributed by atoms with Crippen LogP contribution in [0.15, 0.2) is 48.5 Å². The molecule has 2 fully saturated rings. The van der Waals surface area contributed by atoms with Gasteiger partial charge in [0.1, 0.15) is 17.4 Å². The monoisotopic (exact) mass is 463 g/mol. The number of likely N-dealkylation sites (N-methyl/N-ethyl adjacent to an activating group) is 1. The number of methoxy groups -OCH3 is 1. The van der Waals surface area contributed by atoms with Crippen LogP contribution in [-0.2, 0) is 13.1 Å². The fourth-order valence-corrected chi connectivity index (χ4v) is 4.76. The van der Waals surface area contributed by atoms with Crippen molar-refractivity contribution in [1.82, 2.24) is 19.6 Å². The molecule has 0 bridgehead atoms. The van der Waals surface area contributed by atoms with Gasteiger partial charge in [-0.2, -0.15) is 5.10 Å². The normalized spacial score (nSPS) is 16.9. The molecule has 0 atom stereocenters. The lowest BCUT2D eigenvalue weighted by Gasteiger charge is -2.35. The van der Waals surface area contributed by atoms with Gasteiger partial charge < -0.3 is 14.5 Å². The molecule has 3 aromatic rings. The molecule has 0 radical (unpaired) electrons. The van der Waals surface area contributed by atoms with E-state index in [0.717, 1.165) is 62.2 Å². The summed E-state index contributed by atoms with van der Waals surface area (Å²) in [6.07, 6.45) is 2.48. The molecule has 1 saturated carbocycles. The summed E-state index contributed by atoms with van der Waals surface area (Å²) < 4.78 is 21.0. The number of benzene rings is 2. The molecular formula is C27H34FN5O. The van der Waals surface area contributed by atoms with Gasteiger partial charge >= 0.3 is 0 Å². The summed E-state index contributed by atoms with van der Waals surface area (Å²) in [5.74, 6) is 1.81. The van der Waals surface area contributed by atoms with E-state index in [-0.39, 0.29) is 5.82 Å². The highest BCUT2D eigenvalue weighted by molar-refractivity contribution is 5.56. The zero-order valence-electron chi connectivity index (χ0n) is 20.4. The molecule has 2 aromatic carbocycles. The lowest BCUT2D eigenvalue weighted by atomic mass is 10.1. The Balaban J connectivity index is 1.48. The van der Waals surface area contributed by atoms with Crippen LogP contribution in [0.1, 0.15) is 29.7 Å². The molecule has 2 aliphatic rings. The van der Waals surface area contributed by atoms with Crippen molar-refractivity contribution in [2.45, 2.75) is 38.9 Å². The van der Waals surface area contributed by atoms with Crippen LogP contribution in [0.25, 0.3) is 5.69 Å². The van der Waals surface area contributed by atoms with Crippen LogP contribution < -0.4 is 9.64 Å². The standard InChI is InChI=1S/C27H34FN5O/c1-20-26(19-32(23-10-11-23)18-21-4-12-25(34-3)13-5-21)27(31-16-14-30(2)15-17-31)33(29-20)24-8-6-22(28)7-9-24/h4-9,12-13,23H,10-11,14-19H2,1-3H3. The first-order chi connectivity index (χ1) is 16.5. The molecule has 1 aliphatic heterocycles. The third-order valence-electron chi connectivity index (χ3n) is 7.00. The molecule has 0 N–H and O–H groups in total. The second kappa shape index (κ2) is 9.76. The first-order valence-electron chi connectivity index (χ1n) is 12.2. The molecule has 0 unspecified atom stereocenters. The smallest absolute Gasteiger partial charge is 0.137 e. The fourth-order valence-electron chi connectivity index (χ4n) is 4.76. The van der Waals surface area contributed by atoms with Gasteiger partial charge in [0.05, 0.1) is 18.5 Å². The maximum Gasteiger partial charge on any atom is 0.137 e. The molecule has 1 saturated heterocycles. The zero-order valence-corrected chi connectivity index (χ0v) is 20.4. The van der Waals surface area contributed by atoms with Crippen molar-refractivity contribution < 1.29 is 9.13 Å². The number of halogens is 1. The fraction of sp³-hybridized carbons (Fsp3) is 0.444. The van der Waals surface area contributed by atoms with Crippen LogP contribution in [0.5, 0.6) is 5.75 Å². The number of anilines is 1. The third-order valence-corrected chi connectivity index (χ3v) is 7.00. The van der Waals surface area contributed by atoms with Gasteiger partial charge in [-0.25, -0.2) is 9.07 Å². The Morgan fingerprint density at radius 3 is 2.26 bits per heavy atom. The number of ether oxygens (including phenoxy) is 1. The molecule has 1 aliphatic carbocycles. The quantitative estimate of drug-likeness (QED) is 0.499. The van der Waals surface area contributed by atoms with Crippen LogP contribution in [0.2, 0.25) is 0 Å². The summed E-state index contributed by atoms with van der Waals surface area (Å²) >= 11 is 0. The van der Waals surface area contributed by atoms with Crippen LogP contribution in [0, 0.1) is 12.7 Å². The number of hydrogen-bond acceptors (Lipinski definition) is 5. The van der Waals surface area contributed by atoms with E-state index in [9.17, 15) is 4.39 Å². The van der Waals surface area contributed by atoms with E-state index < -0.39 is 0 Å². The van der Waals surface area contributed by atoms with Crippen molar-refractivity contribution in [2.24, 2.45) is 0 Å². The predicted molar refractivity (Wildman–Crippen MR) is 133 cm³/mol. The Morgan fingerprint density at radius 2 is 1.65 bits per heavy atom. The van der Waals surface area contributed by atoms with E-state index in [1.807, 2.05) is 28.9 Å². The number of hydrogen-bond donors (Lipinski definition) is 0. The minimum absolute atomic E-state index is 0.228. The number of aromatic nitrogens is 2. The molecule has 0 amide bonds. The average Bonchev–Trinajstić information content (AvgIpc) is 3.65. The lowest BCUT2D eigenvalue weighted by molar-refractivity contribution is 0.245. The van der Waals surface area contributed by atoms with Crippen molar-refractivity contribution in [3.63, 3.8) is 0 Å². The van der Waals surface area contributed by atoms with Gasteiger partial charge in [0.15, 0.2) is 0 Å². The Bertz CT molecular complexity index is 1100. The Hall–Kier alpha value is -2.90. The molecule has 180 valence electrons. The number of rotatable bonds is 8. The Kier molecular flexibility index (Phi) is 6.57. The average molecular weight is 464 g/mol. The number of aryl methyl sites for hydroxylation is 1. The van der Waals surface area contributed by atoms with Crippen molar-refractivity contribution >= 4 is 5.82 Å². The van der Waals surface area contributed by atoms with E-state index in [1.54, 1.807) is 7.11 Å². The molecule has 6 nitrogen and oxygen atoms in total. The van der Waals surface area contributed by atoms with Crippen LogP contribution >= 0.6 is 0 Å². The van der Waals surface area contributed by atoms with Gasteiger partial charge in [0, 0.05) is 50.9 Å². The van der Waals surface area contributed by atoms with Gasteiger partial charge in [-0.05, 0) is 68.8 Å². The van der Waals surface area contributed by atoms with Crippen LogP contribution in [0.4, 0.5) is 10.2 Å². The predicted octanol–water partition coefficient (Wildman–Crippen LogP) is 4.24. The SMILES string of the molecule is COc1ccc(CN(Cc2c(C)nn(-c3ccc(F)cc3)c2N2CCN(C)CC2)C2CC2)cc1.